The van der Waals surface area contributed by atoms with E-state index in [1.54, 1.807) is 14.2 Å². The zero-order chi connectivity index (χ0) is 11.4. The predicted octanol–water partition coefficient (Wildman–Crippen LogP) is 1.19. The molecule has 0 bridgehead atoms. The summed E-state index contributed by atoms with van der Waals surface area (Å²) in [6.07, 6.45) is 1.00. The molecule has 1 aromatic rings. The van der Waals surface area contributed by atoms with Crippen LogP contribution in [0.4, 0.5) is 0 Å². The Balaban J connectivity index is 2.21. The van der Waals surface area contributed by atoms with Gasteiger partial charge in [0.15, 0.2) is 0 Å². The van der Waals surface area contributed by atoms with Gasteiger partial charge in [-0.05, 0) is 12.1 Å². The Morgan fingerprint density at radius 1 is 1.31 bits per heavy atom. The van der Waals surface area contributed by atoms with Gasteiger partial charge in [0.2, 0.25) is 0 Å². The third-order valence-electron chi connectivity index (χ3n) is 2.75. The van der Waals surface area contributed by atoms with Crippen LogP contribution in [-0.2, 0) is 11.2 Å². The Hall–Kier alpha value is -1.26. The first-order valence-electron chi connectivity index (χ1n) is 5.37. The Kier molecular flexibility index (Phi) is 3.64. The van der Waals surface area contributed by atoms with Gasteiger partial charge in [-0.2, -0.15) is 0 Å². The second-order valence-electron chi connectivity index (χ2n) is 3.73. The van der Waals surface area contributed by atoms with Gasteiger partial charge in [0.1, 0.15) is 11.5 Å². The zero-order valence-electron chi connectivity index (χ0n) is 9.66. The van der Waals surface area contributed by atoms with E-state index in [0.717, 1.165) is 30.0 Å². The molecule has 1 saturated heterocycles. The molecule has 0 aliphatic carbocycles. The Morgan fingerprint density at radius 3 is 2.50 bits per heavy atom. The summed E-state index contributed by atoms with van der Waals surface area (Å²) >= 11 is 0. The number of nitrogens with one attached hydrogen (secondary N) is 1. The van der Waals surface area contributed by atoms with E-state index in [1.165, 1.54) is 0 Å². The maximum atomic E-state index is 5.53. The second kappa shape index (κ2) is 5.18. The lowest BCUT2D eigenvalue weighted by molar-refractivity contribution is 0.112. The van der Waals surface area contributed by atoms with Crippen LogP contribution in [0.1, 0.15) is 5.56 Å². The van der Waals surface area contributed by atoms with Crippen molar-refractivity contribution in [2.45, 2.75) is 12.5 Å². The fraction of sp³-hybridized carbons (Fsp3) is 0.500. The van der Waals surface area contributed by atoms with Gasteiger partial charge in [0.05, 0.1) is 27.1 Å². The highest BCUT2D eigenvalue weighted by atomic mass is 16.5. The van der Waals surface area contributed by atoms with E-state index < -0.39 is 0 Å². The first-order valence-corrected chi connectivity index (χ1v) is 5.37. The summed E-state index contributed by atoms with van der Waals surface area (Å²) in [6, 6.07) is 5.81. The lowest BCUT2D eigenvalue weighted by atomic mass is 10.1. The topological polar surface area (TPSA) is 39.7 Å². The third-order valence-corrected chi connectivity index (χ3v) is 2.75. The van der Waals surface area contributed by atoms with E-state index in [9.17, 15) is 0 Å². The monoisotopic (exact) mass is 223 g/mol. The van der Waals surface area contributed by atoms with Crippen molar-refractivity contribution in [3.8, 4) is 11.5 Å². The number of ether oxygens (including phenoxy) is 3. The van der Waals surface area contributed by atoms with Gasteiger partial charge >= 0.3 is 0 Å². The summed E-state index contributed by atoms with van der Waals surface area (Å²) in [4.78, 5) is 0. The van der Waals surface area contributed by atoms with E-state index in [0.29, 0.717) is 6.73 Å². The van der Waals surface area contributed by atoms with Gasteiger partial charge in [-0.3, -0.25) is 5.32 Å². The average molecular weight is 223 g/mol. The second-order valence-corrected chi connectivity index (χ2v) is 3.73. The van der Waals surface area contributed by atoms with Gasteiger partial charge in [-0.1, -0.05) is 6.07 Å². The van der Waals surface area contributed by atoms with Crippen molar-refractivity contribution in [3.63, 3.8) is 0 Å². The van der Waals surface area contributed by atoms with Crippen molar-refractivity contribution < 1.29 is 14.2 Å². The van der Waals surface area contributed by atoms with E-state index >= 15 is 0 Å². The van der Waals surface area contributed by atoms with Gasteiger partial charge < -0.3 is 14.2 Å². The normalized spacial score (nSPS) is 19.8. The van der Waals surface area contributed by atoms with Crippen molar-refractivity contribution in [2.24, 2.45) is 0 Å². The van der Waals surface area contributed by atoms with Crippen molar-refractivity contribution in [3.05, 3.63) is 23.8 Å². The molecule has 1 N–H and O–H groups in total. The summed E-state index contributed by atoms with van der Waals surface area (Å²) < 4.78 is 16.2. The van der Waals surface area contributed by atoms with Crippen LogP contribution >= 0.6 is 0 Å². The fourth-order valence-corrected chi connectivity index (χ4v) is 1.94. The highest BCUT2D eigenvalue weighted by Gasteiger charge is 2.20. The van der Waals surface area contributed by atoms with Gasteiger partial charge in [0.25, 0.3) is 0 Å². The Labute approximate surface area is 95.5 Å². The summed E-state index contributed by atoms with van der Waals surface area (Å²) in [5, 5.41) is 3.16. The van der Waals surface area contributed by atoms with Gasteiger partial charge in [0, 0.05) is 18.5 Å². The van der Waals surface area contributed by atoms with E-state index in [2.05, 4.69) is 5.32 Å². The molecule has 0 radical (unpaired) electrons. The summed E-state index contributed by atoms with van der Waals surface area (Å²) in [6.45, 7) is 1.50. The molecular weight excluding hydrogens is 206 g/mol. The first-order chi connectivity index (χ1) is 7.85. The molecule has 4 heteroatoms. The van der Waals surface area contributed by atoms with Gasteiger partial charge in [-0.25, -0.2) is 0 Å². The number of hydrogen-bond acceptors (Lipinski definition) is 4. The van der Waals surface area contributed by atoms with Crippen LogP contribution in [0.5, 0.6) is 11.5 Å². The number of methoxy groups -OCH3 is 2. The number of rotatable bonds is 4. The molecule has 0 aromatic heterocycles. The molecule has 16 heavy (non-hydrogen) atoms. The van der Waals surface area contributed by atoms with Crippen molar-refractivity contribution >= 4 is 0 Å². The standard InChI is InChI=1S/C12H17NO3/c1-14-11-4-3-5-12(15-2)10(11)6-9-7-13-8-16-9/h3-5,9,13H,6-8H2,1-2H3. The smallest absolute Gasteiger partial charge is 0.125 e. The Morgan fingerprint density at radius 2 is 2.00 bits per heavy atom. The van der Waals surface area contributed by atoms with Crippen LogP contribution in [0.15, 0.2) is 18.2 Å². The summed E-state index contributed by atoms with van der Waals surface area (Å²) in [5.74, 6) is 1.71. The largest absolute Gasteiger partial charge is 0.496 e. The number of benzene rings is 1. The Bertz CT molecular complexity index is 326. The maximum absolute atomic E-state index is 5.53. The van der Waals surface area contributed by atoms with Crippen LogP contribution in [0.3, 0.4) is 0 Å². The molecule has 1 atom stereocenters. The molecular formula is C12H17NO3. The molecule has 0 amide bonds. The lowest BCUT2D eigenvalue weighted by Crippen LogP contribution is -2.17. The van der Waals surface area contributed by atoms with E-state index in [1.807, 2.05) is 18.2 Å². The molecule has 4 nitrogen and oxygen atoms in total. The molecule has 1 unspecified atom stereocenters. The van der Waals surface area contributed by atoms with E-state index in [4.69, 9.17) is 14.2 Å². The molecule has 1 aromatic carbocycles. The predicted molar refractivity (Wildman–Crippen MR) is 61.0 cm³/mol. The highest BCUT2D eigenvalue weighted by Crippen LogP contribution is 2.30. The van der Waals surface area contributed by atoms with Crippen molar-refractivity contribution in [2.75, 3.05) is 27.5 Å². The average Bonchev–Trinajstić information content (AvgIpc) is 2.82. The molecule has 88 valence electrons. The van der Waals surface area contributed by atoms with Crippen LogP contribution < -0.4 is 14.8 Å². The fourth-order valence-electron chi connectivity index (χ4n) is 1.94. The van der Waals surface area contributed by atoms with E-state index in [-0.39, 0.29) is 6.10 Å². The first kappa shape index (κ1) is 11.2. The quantitative estimate of drug-likeness (QED) is 0.832. The minimum atomic E-state index is 0.199. The van der Waals surface area contributed by atoms with Crippen LogP contribution in [0.2, 0.25) is 0 Å². The van der Waals surface area contributed by atoms with Crippen molar-refractivity contribution in [1.82, 2.24) is 5.32 Å². The molecule has 0 saturated carbocycles. The molecule has 1 fully saturated rings. The van der Waals surface area contributed by atoms with Crippen LogP contribution in [0, 0.1) is 0 Å². The van der Waals surface area contributed by atoms with Gasteiger partial charge in [-0.15, -0.1) is 0 Å². The summed E-state index contributed by atoms with van der Waals surface area (Å²) in [7, 11) is 3.35. The highest BCUT2D eigenvalue weighted by molar-refractivity contribution is 5.45. The maximum Gasteiger partial charge on any atom is 0.125 e. The molecule has 0 spiro atoms. The zero-order valence-corrected chi connectivity index (χ0v) is 9.66. The minimum Gasteiger partial charge on any atom is -0.496 e. The SMILES string of the molecule is COc1cccc(OC)c1CC1CNCO1. The molecule has 2 rings (SSSR count). The molecule has 1 aliphatic heterocycles. The summed E-state index contributed by atoms with van der Waals surface area (Å²) in [5.41, 5.74) is 1.07. The van der Waals surface area contributed by atoms with Crippen LogP contribution in [-0.4, -0.2) is 33.6 Å². The number of hydrogen-bond donors (Lipinski definition) is 1. The molecule has 1 aliphatic rings. The minimum absolute atomic E-state index is 0.199. The third kappa shape index (κ3) is 2.28. The van der Waals surface area contributed by atoms with Crippen molar-refractivity contribution in [1.29, 1.82) is 0 Å². The lowest BCUT2D eigenvalue weighted by Gasteiger charge is -2.15. The molecule has 1 heterocycles. The van der Waals surface area contributed by atoms with Crippen LogP contribution in [0.25, 0.3) is 0 Å².